The maximum atomic E-state index is 11.1. The average molecular weight is 289 g/mol. The molecule has 0 aliphatic carbocycles. The molecule has 1 aliphatic heterocycles. The smallest absolute Gasteiger partial charge is 0.304 e. The summed E-state index contributed by atoms with van der Waals surface area (Å²) in [6, 6.07) is 14.9. The Balaban J connectivity index is 1.98. The SMILES string of the molecule is O=C(O)C[C@@H]1c2ccccc2O[C@H]1c1ccc(Cl)cc1. The molecule has 102 valence electrons. The van der Waals surface area contributed by atoms with Crippen LogP contribution >= 0.6 is 11.6 Å². The van der Waals surface area contributed by atoms with E-state index in [2.05, 4.69) is 0 Å². The number of ether oxygens (including phenoxy) is 1. The van der Waals surface area contributed by atoms with E-state index in [4.69, 9.17) is 21.4 Å². The highest BCUT2D eigenvalue weighted by Gasteiger charge is 2.36. The molecule has 3 rings (SSSR count). The largest absolute Gasteiger partial charge is 0.485 e. The molecule has 0 bridgehead atoms. The Morgan fingerprint density at radius 1 is 1.15 bits per heavy atom. The van der Waals surface area contributed by atoms with Crippen LogP contribution in [0.15, 0.2) is 48.5 Å². The van der Waals surface area contributed by atoms with Gasteiger partial charge in [0, 0.05) is 16.5 Å². The quantitative estimate of drug-likeness (QED) is 0.927. The predicted molar refractivity (Wildman–Crippen MR) is 76.3 cm³/mol. The van der Waals surface area contributed by atoms with Crippen LogP contribution in [0.25, 0.3) is 0 Å². The number of fused-ring (bicyclic) bond motifs is 1. The van der Waals surface area contributed by atoms with E-state index in [1.54, 1.807) is 12.1 Å². The van der Waals surface area contributed by atoms with Gasteiger partial charge >= 0.3 is 5.97 Å². The third kappa shape index (κ3) is 2.37. The number of halogens is 1. The third-order valence-electron chi connectivity index (χ3n) is 3.53. The van der Waals surface area contributed by atoms with Crippen molar-refractivity contribution in [1.29, 1.82) is 0 Å². The maximum absolute atomic E-state index is 11.1. The summed E-state index contributed by atoms with van der Waals surface area (Å²) in [6.45, 7) is 0. The first-order chi connectivity index (χ1) is 9.65. The molecule has 0 fully saturated rings. The number of rotatable bonds is 3. The van der Waals surface area contributed by atoms with Crippen molar-refractivity contribution in [2.24, 2.45) is 0 Å². The molecule has 0 amide bonds. The minimum Gasteiger partial charge on any atom is -0.485 e. The Bertz CT molecular complexity index is 636. The minimum absolute atomic E-state index is 0.0459. The van der Waals surface area contributed by atoms with Gasteiger partial charge in [-0.15, -0.1) is 0 Å². The van der Waals surface area contributed by atoms with Gasteiger partial charge in [-0.2, -0.15) is 0 Å². The van der Waals surface area contributed by atoms with Gasteiger partial charge in [-0.05, 0) is 23.8 Å². The van der Waals surface area contributed by atoms with Crippen LogP contribution < -0.4 is 4.74 Å². The van der Waals surface area contributed by atoms with Crippen LogP contribution in [0, 0.1) is 0 Å². The molecule has 1 heterocycles. The Morgan fingerprint density at radius 3 is 2.55 bits per heavy atom. The van der Waals surface area contributed by atoms with E-state index in [9.17, 15) is 4.79 Å². The molecule has 3 nitrogen and oxygen atoms in total. The van der Waals surface area contributed by atoms with E-state index in [1.165, 1.54) is 0 Å². The molecule has 20 heavy (non-hydrogen) atoms. The standard InChI is InChI=1S/C16H13ClO3/c17-11-7-5-10(6-8-11)16-13(9-15(18)19)12-3-1-2-4-14(12)20-16/h1-8,13,16H,9H2,(H,18,19)/t13-,16+/m1/s1. The lowest BCUT2D eigenvalue weighted by Gasteiger charge is -2.18. The van der Waals surface area contributed by atoms with Crippen molar-refractivity contribution in [2.45, 2.75) is 18.4 Å². The molecule has 0 radical (unpaired) electrons. The van der Waals surface area contributed by atoms with Gasteiger partial charge in [0.1, 0.15) is 11.9 Å². The second-order valence-electron chi connectivity index (χ2n) is 4.83. The van der Waals surface area contributed by atoms with Crippen LogP contribution in [-0.4, -0.2) is 11.1 Å². The van der Waals surface area contributed by atoms with Gasteiger partial charge < -0.3 is 9.84 Å². The van der Waals surface area contributed by atoms with Crippen LogP contribution in [0.1, 0.15) is 29.6 Å². The molecule has 0 aromatic heterocycles. The van der Waals surface area contributed by atoms with Gasteiger partial charge in [-0.1, -0.05) is 41.9 Å². The van der Waals surface area contributed by atoms with Crippen molar-refractivity contribution in [2.75, 3.05) is 0 Å². The first kappa shape index (κ1) is 13.0. The number of aliphatic carboxylic acids is 1. The average Bonchev–Trinajstić information content (AvgIpc) is 2.78. The normalized spacial score (nSPS) is 20.2. The summed E-state index contributed by atoms with van der Waals surface area (Å²) in [6.07, 6.45) is -0.231. The Kier molecular flexibility index (Phi) is 3.36. The van der Waals surface area contributed by atoms with Crippen LogP contribution in [0.4, 0.5) is 0 Å². The summed E-state index contributed by atoms with van der Waals surface area (Å²) in [5.74, 6) is -0.238. The summed E-state index contributed by atoms with van der Waals surface area (Å²) >= 11 is 5.89. The van der Waals surface area contributed by atoms with Crippen molar-refractivity contribution in [3.05, 3.63) is 64.7 Å². The van der Waals surface area contributed by atoms with Gasteiger partial charge in [0.15, 0.2) is 0 Å². The van der Waals surface area contributed by atoms with Crippen LogP contribution in [0.3, 0.4) is 0 Å². The zero-order chi connectivity index (χ0) is 14.1. The van der Waals surface area contributed by atoms with E-state index in [0.717, 1.165) is 16.9 Å². The molecule has 2 aromatic carbocycles. The predicted octanol–water partition coefficient (Wildman–Crippen LogP) is 4.03. The second kappa shape index (κ2) is 5.17. The molecular weight excluding hydrogens is 276 g/mol. The van der Waals surface area contributed by atoms with E-state index in [-0.39, 0.29) is 18.4 Å². The van der Waals surface area contributed by atoms with E-state index in [0.29, 0.717) is 5.02 Å². The summed E-state index contributed by atoms with van der Waals surface area (Å²) in [5.41, 5.74) is 1.90. The number of hydrogen-bond acceptors (Lipinski definition) is 2. The van der Waals surface area contributed by atoms with Crippen LogP contribution in [0.5, 0.6) is 5.75 Å². The molecule has 1 aliphatic rings. The molecule has 0 saturated carbocycles. The molecule has 0 saturated heterocycles. The minimum atomic E-state index is -0.825. The van der Waals surface area contributed by atoms with Crippen molar-refractivity contribution in [3.63, 3.8) is 0 Å². The number of hydrogen-bond donors (Lipinski definition) is 1. The Labute approximate surface area is 121 Å². The van der Waals surface area contributed by atoms with E-state index >= 15 is 0 Å². The monoisotopic (exact) mass is 288 g/mol. The number of carboxylic acids is 1. The summed E-state index contributed by atoms with van der Waals surface area (Å²) in [4.78, 5) is 11.1. The van der Waals surface area contributed by atoms with Crippen molar-refractivity contribution in [3.8, 4) is 5.75 Å². The van der Waals surface area contributed by atoms with Crippen molar-refractivity contribution in [1.82, 2.24) is 0 Å². The second-order valence-corrected chi connectivity index (χ2v) is 5.27. The Morgan fingerprint density at radius 2 is 1.85 bits per heavy atom. The van der Waals surface area contributed by atoms with E-state index < -0.39 is 5.97 Å². The topological polar surface area (TPSA) is 46.5 Å². The van der Waals surface area contributed by atoms with Gasteiger partial charge in [0.25, 0.3) is 0 Å². The van der Waals surface area contributed by atoms with Gasteiger partial charge in [-0.3, -0.25) is 4.79 Å². The fourth-order valence-electron chi connectivity index (χ4n) is 2.63. The molecule has 2 aromatic rings. The van der Waals surface area contributed by atoms with E-state index in [1.807, 2.05) is 36.4 Å². The molecule has 0 spiro atoms. The van der Waals surface area contributed by atoms with Gasteiger partial charge in [0.05, 0.1) is 6.42 Å². The summed E-state index contributed by atoms with van der Waals surface area (Å²) in [7, 11) is 0. The highest BCUT2D eigenvalue weighted by molar-refractivity contribution is 6.30. The fourth-order valence-corrected chi connectivity index (χ4v) is 2.76. The first-order valence-corrected chi connectivity index (χ1v) is 6.76. The zero-order valence-corrected chi connectivity index (χ0v) is 11.4. The van der Waals surface area contributed by atoms with Crippen LogP contribution in [0.2, 0.25) is 5.02 Å². The number of carboxylic acid groups (broad SMARTS) is 1. The lowest BCUT2D eigenvalue weighted by molar-refractivity contribution is -0.137. The maximum Gasteiger partial charge on any atom is 0.304 e. The highest BCUT2D eigenvalue weighted by atomic mass is 35.5. The number of para-hydroxylation sites is 1. The number of benzene rings is 2. The molecule has 4 heteroatoms. The molecule has 0 unspecified atom stereocenters. The lowest BCUT2D eigenvalue weighted by Crippen LogP contribution is -2.13. The summed E-state index contributed by atoms with van der Waals surface area (Å²) in [5, 5.41) is 9.78. The van der Waals surface area contributed by atoms with Crippen molar-refractivity contribution >= 4 is 17.6 Å². The highest BCUT2D eigenvalue weighted by Crippen LogP contribution is 2.47. The Hall–Kier alpha value is -2.00. The van der Waals surface area contributed by atoms with Gasteiger partial charge in [-0.25, -0.2) is 0 Å². The number of carbonyl (C=O) groups is 1. The van der Waals surface area contributed by atoms with Crippen molar-refractivity contribution < 1.29 is 14.6 Å². The van der Waals surface area contributed by atoms with Gasteiger partial charge in [0.2, 0.25) is 0 Å². The summed E-state index contributed by atoms with van der Waals surface area (Å²) < 4.78 is 5.94. The molecular formula is C16H13ClO3. The van der Waals surface area contributed by atoms with Crippen LogP contribution in [-0.2, 0) is 4.79 Å². The fraction of sp³-hybridized carbons (Fsp3) is 0.188. The molecule has 2 atom stereocenters. The molecule has 1 N–H and O–H groups in total. The third-order valence-corrected chi connectivity index (χ3v) is 3.78. The zero-order valence-electron chi connectivity index (χ0n) is 10.6. The lowest BCUT2D eigenvalue weighted by atomic mass is 9.88. The first-order valence-electron chi connectivity index (χ1n) is 6.38.